The number of rotatable bonds is 4. The van der Waals surface area contributed by atoms with Crippen molar-refractivity contribution in [2.24, 2.45) is 0 Å². The Bertz CT molecular complexity index is 1290. The highest BCUT2D eigenvalue weighted by atomic mass is 32.2. The first-order valence-corrected chi connectivity index (χ1v) is 9.35. The van der Waals surface area contributed by atoms with Crippen molar-refractivity contribution in [2.75, 3.05) is 10.5 Å². The summed E-state index contributed by atoms with van der Waals surface area (Å²) >= 11 is 0. The van der Waals surface area contributed by atoms with Gasteiger partial charge in [0.1, 0.15) is 16.5 Å². The maximum Gasteiger partial charge on any atom is 0.263 e. The summed E-state index contributed by atoms with van der Waals surface area (Å²) in [5.41, 5.74) is 6.97. The molecule has 28 heavy (non-hydrogen) atoms. The van der Waals surface area contributed by atoms with E-state index in [1.54, 1.807) is 18.3 Å². The Morgan fingerprint density at radius 3 is 2.50 bits per heavy atom. The fourth-order valence-corrected chi connectivity index (χ4v) is 3.65. The van der Waals surface area contributed by atoms with E-state index in [2.05, 4.69) is 19.8 Å². The van der Waals surface area contributed by atoms with Crippen LogP contribution in [0.2, 0.25) is 0 Å². The monoisotopic (exact) mass is 402 g/mol. The van der Waals surface area contributed by atoms with Crippen LogP contribution in [0, 0.1) is 11.6 Å². The Morgan fingerprint density at radius 1 is 1.00 bits per heavy atom. The summed E-state index contributed by atoms with van der Waals surface area (Å²) in [4.78, 5) is 7.79. The molecule has 0 aliphatic rings. The molecular formula is C17H12F2N6O2S. The number of sulfonamides is 1. The predicted molar refractivity (Wildman–Crippen MR) is 97.8 cm³/mol. The summed E-state index contributed by atoms with van der Waals surface area (Å²) in [5.74, 6) is -1.69. The third-order valence-corrected chi connectivity index (χ3v) is 5.17. The van der Waals surface area contributed by atoms with Gasteiger partial charge in [-0.3, -0.25) is 9.71 Å². The van der Waals surface area contributed by atoms with Gasteiger partial charge < -0.3 is 5.73 Å². The minimum atomic E-state index is -4.12. The number of nitrogen functional groups attached to an aromatic ring is 1. The minimum absolute atomic E-state index is 0.109. The van der Waals surface area contributed by atoms with Gasteiger partial charge in [-0.05, 0) is 30.3 Å². The molecule has 0 saturated heterocycles. The van der Waals surface area contributed by atoms with Gasteiger partial charge in [0, 0.05) is 35.8 Å². The van der Waals surface area contributed by atoms with Gasteiger partial charge in [-0.15, -0.1) is 5.10 Å². The van der Waals surface area contributed by atoms with E-state index in [0.717, 1.165) is 18.3 Å². The average molecular weight is 402 g/mol. The van der Waals surface area contributed by atoms with Gasteiger partial charge in [0.25, 0.3) is 10.0 Å². The Labute approximate surface area is 157 Å². The van der Waals surface area contributed by atoms with Crippen molar-refractivity contribution in [3.8, 4) is 11.1 Å². The van der Waals surface area contributed by atoms with Gasteiger partial charge in [0.05, 0.1) is 5.69 Å². The molecule has 142 valence electrons. The summed E-state index contributed by atoms with van der Waals surface area (Å²) < 4.78 is 55.4. The third kappa shape index (κ3) is 3.47. The molecule has 3 heterocycles. The number of pyridine rings is 2. The number of halogens is 2. The van der Waals surface area contributed by atoms with Crippen LogP contribution in [0.5, 0.6) is 0 Å². The number of benzene rings is 1. The van der Waals surface area contributed by atoms with Crippen molar-refractivity contribution in [3.63, 3.8) is 0 Å². The SMILES string of the molecule is Nc1nc2ccc(-c3cncc(S(=O)(=O)Nc4cc(F)cc(F)c4)c3)cn2n1. The van der Waals surface area contributed by atoms with Gasteiger partial charge in [-0.25, -0.2) is 21.7 Å². The first kappa shape index (κ1) is 17.8. The molecule has 8 nitrogen and oxygen atoms in total. The number of nitrogens with zero attached hydrogens (tertiary/aromatic N) is 4. The van der Waals surface area contributed by atoms with E-state index in [1.165, 1.54) is 16.8 Å². The van der Waals surface area contributed by atoms with Gasteiger partial charge in [-0.1, -0.05) is 0 Å². The smallest absolute Gasteiger partial charge is 0.263 e. The molecule has 0 amide bonds. The van der Waals surface area contributed by atoms with Crippen LogP contribution in [-0.2, 0) is 10.0 Å². The second-order valence-electron chi connectivity index (χ2n) is 5.86. The Morgan fingerprint density at radius 2 is 1.75 bits per heavy atom. The van der Waals surface area contributed by atoms with Crippen molar-refractivity contribution in [2.45, 2.75) is 4.90 Å². The molecule has 4 rings (SSSR count). The van der Waals surface area contributed by atoms with Gasteiger partial charge >= 0.3 is 0 Å². The molecule has 0 aliphatic carbocycles. The van der Waals surface area contributed by atoms with E-state index in [-0.39, 0.29) is 16.5 Å². The van der Waals surface area contributed by atoms with Crippen molar-refractivity contribution < 1.29 is 17.2 Å². The normalized spacial score (nSPS) is 11.6. The lowest BCUT2D eigenvalue weighted by molar-refractivity contribution is 0.584. The first-order valence-electron chi connectivity index (χ1n) is 7.86. The Hall–Kier alpha value is -3.60. The average Bonchev–Trinajstić information content (AvgIpc) is 2.99. The highest BCUT2D eigenvalue weighted by molar-refractivity contribution is 7.92. The Balaban J connectivity index is 1.70. The number of aromatic nitrogens is 4. The van der Waals surface area contributed by atoms with E-state index in [1.807, 2.05) is 0 Å². The van der Waals surface area contributed by atoms with E-state index in [9.17, 15) is 17.2 Å². The zero-order chi connectivity index (χ0) is 19.9. The van der Waals surface area contributed by atoms with Crippen LogP contribution < -0.4 is 10.5 Å². The van der Waals surface area contributed by atoms with Crippen molar-refractivity contribution in [1.82, 2.24) is 19.6 Å². The zero-order valence-electron chi connectivity index (χ0n) is 14.0. The molecule has 3 aromatic heterocycles. The standard InChI is InChI=1S/C17H12F2N6O2S/c18-12-4-13(19)6-14(5-12)24-28(26,27)15-3-11(7-21-8-15)10-1-2-16-22-17(20)23-25(16)9-10/h1-9,24H,(H2,20,23). The van der Waals surface area contributed by atoms with E-state index < -0.39 is 21.7 Å². The van der Waals surface area contributed by atoms with Crippen molar-refractivity contribution in [1.29, 1.82) is 0 Å². The van der Waals surface area contributed by atoms with Gasteiger partial charge in [0.15, 0.2) is 5.65 Å². The molecule has 1 aromatic carbocycles. The van der Waals surface area contributed by atoms with E-state index >= 15 is 0 Å². The maximum absolute atomic E-state index is 13.3. The number of nitrogens with one attached hydrogen (secondary N) is 1. The molecule has 3 N–H and O–H groups in total. The molecule has 0 saturated carbocycles. The lowest BCUT2D eigenvalue weighted by Gasteiger charge is -2.09. The molecule has 0 radical (unpaired) electrons. The molecule has 0 aliphatic heterocycles. The van der Waals surface area contributed by atoms with Crippen LogP contribution in [0.3, 0.4) is 0 Å². The number of hydrogen-bond acceptors (Lipinski definition) is 6. The van der Waals surface area contributed by atoms with Crippen LogP contribution in [0.1, 0.15) is 0 Å². The van der Waals surface area contributed by atoms with Crippen molar-refractivity contribution >= 4 is 27.3 Å². The molecule has 4 aromatic rings. The molecular weight excluding hydrogens is 390 g/mol. The summed E-state index contributed by atoms with van der Waals surface area (Å²) in [6.45, 7) is 0. The minimum Gasteiger partial charge on any atom is -0.366 e. The maximum atomic E-state index is 13.3. The lowest BCUT2D eigenvalue weighted by Crippen LogP contribution is -2.13. The summed E-state index contributed by atoms with van der Waals surface area (Å²) in [5, 5.41) is 4.00. The summed E-state index contributed by atoms with van der Waals surface area (Å²) in [7, 11) is -4.12. The molecule has 0 bridgehead atoms. The molecule has 0 atom stereocenters. The van der Waals surface area contributed by atoms with Crippen LogP contribution >= 0.6 is 0 Å². The quantitative estimate of drug-likeness (QED) is 0.542. The van der Waals surface area contributed by atoms with Crippen LogP contribution in [0.4, 0.5) is 20.4 Å². The molecule has 0 spiro atoms. The lowest BCUT2D eigenvalue weighted by atomic mass is 10.1. The summed E-state index contributed by atoms with van der Waals surface area (Å²) in [6.07, 6.45) is 4.23. The van der Waals surface area contributed by atoms with E-state index in [4.69, 9.17) is 5.73 Å². The zero-order valence-corrected chi connectivity index (χ0v) is 14.9. The number of nitrogens with two attached hydrogens (primary N) is 1. The Kier molecular flexibility index (Phi) is 4.15. The van der Waals surface area contributed by atoms with Crippen LogP contribution in [0.15, 0.2) is 59.9 Å². The molecule has 11 heteroatoms. The number of anilines is 2. The predicted octanol–water partition coefficient (Wildman–Crippen LogP) is 2.45. The fraction of sp³-hybridized carbons (Fsp3) is 0. The topological polar surface area (TPSA) is 115 Å². The van der Waals surface area contributed by atoms with Gasteiger partial charge in [0.2, 0.25) is 5.95 Å². The third-order valence-electron chi connectivity index (χ3n) is 3.82. The summed E-state index contributed by atoms with van der Waals surface area (Å²) in [6, 6.07) is 7.17. The molecule has 0 fully saturated rings. The van der Waals surface area contributed by atoms with Crippen LogP contribution in [0.25, 0.3) is 16.8 Å². The largest absolute Gasteiger partial charge is 0.366 e. The van der Waals surface area contributed by atoms with Crippen molar-refractivity contribution in [3.05, 3.63) is 66.6 Å². The highest BCUT2D eigenvalue weighted by Gasteiger charge is 2.17. The number of hydrogen-bond donors (Lipinski definition) is 2. The van der Waals surface area contributed by atoms with Gasteiger partial charge in [-0.2, -0.15) is 4.98 Å². The number of fused-ring (bicyclic) bond motifs is 1. The first-order chi connectivity index (χ1) is 13.3. The second-order valence-corrected chi connectivity index (χ2v) is 7.55. The highest BCUT2D eigenvalue weighted by Crippen LogP contribution is 2.24. The van der Waals surface area contributed by atoms with E-state index in [0.29, 0.717) is 22.8 Å². The molecule has 0 unspecified atom stereocenters. The second kappa shape index (κ2) is 6.53. The van der Waals surface area contributed by atoms with Crippen LogP contribution in [-0.4, -0.2) is 28.0 Å². The fourth-order valence-electron chi connectivity index (χ4n) is 2.62.